The van der Waals surface area contributed by atoms with Crippen LogP contribution in [0, 0.1) is 46.3 Å². The van der Waals surface area contributed by atoms with E-state index in [4.69, 9.17) is 4.74 Å². The molecule has 4 aliphatic carbocycles. The largest absolute Gasteiger partial charge is 0.466 e. The number of aliphatic hydroxyl groups excluding tert-OH is 1. The topological polar surface area (TPSA) is 46.5 Å². The van der Waals surface area contributed by atoms with E-state index < -0.39 is 0 Å². The van der Waals surface area contributed by atoms with E-state index in [1.54, 1.807) is 0 Å². The van der Waals surface area contributed by atoms with Gasteiger partial charge >= 0.3 is 5.97 Å². The number of esters is 1. The molecule has 1 N–H and O–H groups in total. The number of rotatable bonds is 5. The predicted molar refractivity (Wildman–Crippen MR) is 116 cm³/mol. The Balaban J connectivity index is 1.45. The first-order valence-corrected chi connectivity index (χ1v) is 12.6. The van der Waals surface area contributed by atoms with Crippen molar-refractivity contribution in [2.45, 2.75) is 104 Å². The molecule has 4 saturated carbocycles. The second kappa shape index (κ2) is 8.17. The van der Waals surface area contributed by atoms with Crippen molar-refractivity contribution in [3.8, 4) is 0 Å². The summed E-state index contributed by atoms with van der Waals surface area (Å²) in [5.74, 6) is 4.75. The van der Waals surface area contributed by atoms with Crippen LogP contribution in [0.15, 0.2) is 0 Å². The zero-order chi connectivity index (χ0) is 20.8. The molecule has 4 aliphatic rings. The van der Waals surface area contributed by atoms with E-state index in [1.165, 1.54) is 44.9 Å². The molecule has 0 aliphatic heterocycles. The van der Waals surface area contributed by atoms with Gasteiger partial charge in [-0.3, -0.25) is 4.79 Å². The van der Waals surface area contributed by atoms with Crippen LogP contribution in [-0.2, 0) is 9.53 Å². The van der Waals surface area contributed by atoms with Gasteiger partial charge in [-0.05, 0) is 117 Å². The van der Waals surface area contributed by atoms with Crippen molar-refractivity contribution in [1.29, 1.82) is 0 Å². The lowest BCUT2D eigenvalue weighted by Gasteiger charge is -2.61. The summed E-state index contributed by atoms with van der Waals surface area (Å²) in [6.45, 7) is 9.97. The van der Waals surface area contributed by atoms with Crippen LogP contribution in [0.3, 0.4) is 0 Å². The van der Waals surface area contributed by atoms with Gasteiger partial charge in [-0.1, -0.05) is 20.8 Å². The molecular formula is C26H44O3. The molecule has 0 aromatic carbocycles. The van der Waals surface area contributed by atoms with Crippen LogP contribution >= 0.6 is 0 Å². The van der Waals surface area contributed by atoms with Gasteiger partial charge in [0.15, 0.2) is 0 Å². The van der Waals surface area contributed by atoms with Crippen molar-refractivity contribution in [2.75, 3.05) is 6.61 Å². The average molecular weight is 405 g/mol. The van der Waals surface area contributed by atoms with E-state index in [-0.39, 0.29) is 12.1 Å². The fourth-order valence-electron chi connectivity index (χ4n) is 8.99. The van der Waals surface area contributed by atoms with Crippen LogP contribution in [0.25, 0.3) is 0 Å². The fourth-order valence-corrected chi connectivity index (χ4v) is 8.99. The molecule has 166 valence electrons. The van der Waals surface area contributed by atoms with E-state index >= 15 is 0 Å². The van der Waals surface area contributed by atoms with Crippen molar-refractivity contribution in [2.24, 2.45) is 46.3 Å². The second-order valence-corrected chi connectivity index (χ2v) is 11.6. The normalized spacial score (nSPS) is 47.6. The molecule has 29 heavy (non-hydrogen) atoms. The summed E-state index contributed by atoms with van der Waals surface area (Å²) in [5.41, 5.74) is 0.934. The first kappa shape index (κ1) is 21.7. The number of hydrogen-bond donors (Lipinski definition) is 1. The lowest BCUT2D eigenvalue weighted by atomic mass is 9.44. The maximum absolute atomic E-state index is 11.9. The summed E-state index contributed by atoms with van der Waals surface area (Å²) >= 11 is 0. The third-order valence-electron chi connectivity index (χ3n) is 10.5. The maximum Gasteiger partial charge on any atom is 0.305 e. The molecule has 0 aromatic rings. The van der Waals surface area contributed by atoms with Crippen molar-refractivity contribution >= 4 is 5.97 Å². The van der Waals surface area contributed by atoms with Crippen molar-refractivity contribution in [3.05, 3.63) is 0 Å². The third-order valence-corrected chi connectivity index (χ3v) is 10.5. The van der Waals surface area contributed by atoms with Gasteiger partial charge in [0.1, 0.15) is 0 Å². The zero-order valence-corrected chi connectivity index (χ0v) is 19.3. The van der Waals surface area contributed by atoms with Gasteiger partial charge in [-0.2, -0.15) is 0 Å². The second-order valence-electron chi connectivity index (χ2n) is 11.6. The quantitative estimate of drug-likeness (QED) is 0.573. The third kappa shape index (κ3) is 3.68. The van der Waals surface area contributed by atoms with Crippen molar-refractivity contribution in [1.82, 2.24) is 0 Å². The van der Waals surface area contributed by atoms with Gasteiger partial charge in [-0.25, -0.2) is 0 Å². The van der Waals surface area contributed by atoms with Crippen molar-refractivity contribution < 1.29 is 14.6 Å². The van der Waals surface area contributed by atoms with Gasteiger partial charge in [0.2, 0.25) is 0 Å². The standard InChI is InChI=1S/C26H44O3/c1-5-29-24(28)11-6-17(2)21-9-10-22-20-8-7-18-16-19(27)12-14-25(18,3)23(20)13-15-26(21,22)4/h17-23,27H,5-16H2,1-4H3/t17-,18?,19?,20+,21-,22+,23+,25+,26-/m1/s1. The maximum atomic E-state index is 11.9. The molecule has 3 nitrogen and oxygen atoms in total. The lowest BCUT2D eigenvalue weighted by Crippen LogP contribution is -2.54. The summed E-state index contributed by atoms with van der Waals surface area (Å²) in [5, 5.41) is 10.2. The van der Waals surface area contributed by atoms with Gasteiger partial charge < -0.3 is 9.84 Å². The fraction of sp³-hybridized carbons (Fsp3) is 0.962. The Morgan fingerprint density at radius 3 is 2.52 bits per heavy atom. The molecule has 3 heteroatoms. The summed E-state index contributed by atoms with van der Waals surface area (Å²) in [6.07, 6.45) is 13.1. The lowest BCUT2D eigenvalue weighted by molar-refractivity contribution is -0.144. The molecule has 0 bridgehead atoms. The Bertz CT molecular complexity index is 603. The summed E-state index contributed by atoms with van der Waals surface area (Å²) < 4.78 is 5.17. The molecule has 0 saturated heterocycles. The summed E-state index contributed by atoms with van der Waals surface area (Å²) in [6, 6.07) is 0. The molecule has 0 heterocycles. The van der Waals surface area contributed by atoms with Crippen LogP contribution < -0.4 is 0 Å². The van der Waals surface area contributed by atoms with E-state index in [1.807, 2.05) is 6.92 Å². The van der Waals surface area contributed by atoms with Crippen molar-refractivity contribution in [3.63, 3.8) is 0 Å². The monoisotopic (exact) mass is 404 g/mol. The number of carbonyl (C=O) groups is 1. The molecule has 0 radical (unpaired) electrons. The number of carbonyl (C=O) groups excluding carboxylic acids is 1. The highest BCUT2D eigenvalue weighted by atomic mass is 16.5. The van der Waals surface area contributed by atoms with Crippen LogP contribution in [0.5, 0.6) is 0 Å². The van der Waals surface area contributed by atoms with Crippen LogP contribution in [-0.4, -0.2) is 23.8 Å². The number of aliphatic hydroxyl groups is 1. The van der Waals surface area contributed by atoms with E-state index in [0.717, 1.165) is 48.9 Å². The smallest absolute Gasteiger partial charge is 0.305 e. The molecule has 4 fully saturated rings. The highest BCUT2D eigenvalue weighted by Crippen LogP contribution is 2.68. The average Bonchev–Trinajstić information content (AvgIpc) is 3.04. The Hall–Kier alpha value is -0.570. The van der Waals surface area contributed by atoms with E-state index in [9.17, 15) is 9.90 Å². The Kier molecular flexibility index (Phi) is 6.10. The van der Waals surface area contributed by atoms with E-state index in [2.05, 4.69) is 20.8 Å². The predicted octanol–water partition coefficient (Wildman–Crippen LogP) is 5.99. The molecular weight excluding hydrogens is 360 g/mol. The zero-order valence-electron chi connectivity index (χ0n) is 19.3. The van der Waals surface area contributed by atoms with Gasteiger partial charge in [0, 0.05) is 6.42 Å². The Morgan fingerprint density at radius 2 is 1.76 bits per heavy atom. The van der Waals surface area contributed by atoms with Crippen LogP contribution in [0.4, 0.5) is 0 Å². The Labute approximate surface area is 178 Å². The minimum Gasteiger partial charge on any atom is -0.466 e. The number of fused-ring (bicyclic) bond motifs is 5. The van der Waals surface area contributed by atoms with Gasteiger partial charge in [-0.15, -0.1) is 0 Å². The van der Waals surface area contributed by atoms with E-state index in [0.29, 0.717) is 29.8 Å². The first-order chi connectivity index (χ1) is 13.8. The van der Waals surface area contributed by atoms with Gasteiger partial charge in [0.05, 0.1) is 12.7 Å². The highest BCUT2D eigenvalue weighted by molar-refractivity contribution is 5.69. The number of hydrogen-bond acceptors (Lipinski definition) is 3. The summed E-state index contributed by atoms with van der Waals surface area (Å²) in [7, 11) is 0. The number of ether oxygens (including phenoxy) is 1. The van der Waals surface area contributed by atoms with Crippen LogP contribution in [0.1, 0.15) is 98.3 Å². The molecule has 0 spiro atoms. The van der Waals surface area contributed by atoms with Crippen LogP contribution in [0.2, 0.25) is 0 Å². The molecule has 4 rings (SSSR count). The summed E-state index contributed by atoms with van der Waals surface area (Å²) in [4.78, 5) is 11.9. The first-order valence-electron chi connectivity index (χ1n) is 12.6. The minimum absolute atomic E-state index is 0.0199. The molecule has 2 unspecified atom stereocenters. The Morgan fingerprint density at radius 1 is 1.03 bits per heavy atom. The highest BCUT2D eigenvalue weighted by Gasteiger charge is 2.60. The minimum atomic E-state index is -0.0467. The molecule has 0 amide bonds. The SMILES string of the molecule is CCOC(=O)CC[C@@H](C)[C@H]1CC[C@H]2[C@@H]3CCC4CC(O)CC[C@]4(C)[C@H]3CC[C@]12C. The molecule has 9 atom stereocenters. The van der Waals surface area contributed by atoms with Gasteiger partial charge in [0.25, 0.3) is 0 Å². The molecule has 0 aromatic heterocycles.